The number of aliphatic hydroxyl groups excluding tert-OH is 1. The number of rotatable bonds is 4. The Bertz CT molecular complexity index is 771. The van der Waals surface area contributed by atoms with Crippen LogP contribution in [0.2, 0.25) is 0 Å². The molecule has 2 aliphatic heterocycles. The number of carbonyl (C=O) groups is 1. The van der Waals surface area contributed by atoms with Gasteiger partial charge >= 0.3 is 0 Å². The predicted octanol–water partition coefficient (Wildman–Crippen LogP) is 1.07. The van der Waals surface area contributed by atoms with Crippen molar-refractivity contribution in [2.45, 2.75) is 25.5 Å². The Balaban J connectivity index is 1.89. The van der Waals surface area contributed by atoms with E-state index in [4.69, 9.17) is 4.74 Å². The van der Waals surface area contributed by atoms with Crippen LogP contribution in [-0.2, 0) is 14.6 Å². The van der Waals surface area contributed by atoms with Crippen molar-refractivity contribution in [3.8, 4) is 0 Å². The molecule has 7 heteroatoms. The van der Waals surface area contributed by atoms with Gasteiger partial charge < -0.3 is 14.7 Å². The van der Waals surface area contributed by atoms with Crippen molar-refractivity contribution >= 4 is 20.6 Å². The van der Waals surface area contributed by atoms with Crippen LogP contribution in [0.15, 0.2) is 30.3 Å². The van der Waals surface area contributed by atoms with Gasteiger partial charge in [0.15, 0.2) is 9.84 Å². The number of sulfone groups is 1. The molecule has 3 rings (SSSR count). The molecule has 2 atom stereocenters. The van der Waals surface area contributed by atoms with Crippen LogP contribution in [0, 0.1) is 0 Å². The highest BCUT2D eigenvalue weighted by Crippen LogP contribution is 2.29. The molecule has 0 bridgehead atoms. The summed E-state index contributed by atoms with van der Waals surface area (Å²) in [5, 5.41) is 9.97. The Morgan fingerprint density at radius 3 is 2.75 bits per heavy atom. The third kappa shape index (κ3) is 3.11. The molecule has 0 aromatic heterocycles. The van der Waals surface area contributed by atoms with E-state index in [1.807, 2.05) is 6.92 Å². The summed E-state index contributed by atoms with van der Waals surface area (Å²) >= 11 is 0. The first kappa shape index (κ1) is 17.1. The highest BCUT2D eigenvalue weighted by Gasteiger charge is 2.34. The van der Waals surface area contributed by atoms with E-state index in [1.54, 1.807) is 35.2 Å². The van der Waals surface area contributed by atoms with E-state index >= 15 is 0 Å². The van der Waals surface area contributed by atoms with Crippen molar-refractivity contribution < 1.29 is 23.1 Å². The molecule has 2 heterocycles. The van der Waals surface area contributed by atoms with Crippen molar-refractivity contribution in [1.29, 1.82) is 0 Å². The zero-order chi connectivity index (χ0) is 17.3. The van der Waals surface area contributed by atoms with E-state index in [9.17, 15) is 18.3 Å². The fraction of sp³-hybridized carbons (Fsp3) is 0.471. The van der Waals surface area contributed by atoms with Crippen LogP contribution in [0.4, 0.5) is 0 Å². The number of carbonyl (C=O) groups excluding carboxylic acids is 1. The van der Waals surface area contributed by atoms with Gasteiger partial charge in [-0.05, 0) is 31.0 Å². The van der Waals surface area contributed by atoms with E-state index in [2.05, 4.69) is 0 Å². The average molecular weight is 351 g/mol. The number of nitrogens with zero attached hydrogens (tertiary/aromatic N) is 1. The van der Waals surface area contributed by atoms with Gasteiger partial charge in [-0.3, -0.25) is 4.79 Å². The minimum atomic E-state index is -3.26. The number of hydrogen-bond donors (Lipinski definition) is 1. The SMILES string of the molecule is CCN(C(=O)c1cccc(C2=CCCS2(=O)=O)c1)[C@H]1COC[C@@H]1O. The molecule has 1 amide bonds. The Hall–Kier alpha value is -1.70. The second-order valence-corrected chi connectivity index (χ2v) is 8.10. The summed E-state index contributed by atoms with van der Waals surface area (Å²) in [5.41, 5.74) is 0.953. The number of aliphatic hydroxyl groups is 1. The molecular formula is C17H21NO5S. The summed E-state index contributed by atoms with van der Waals surface area (Å²) in [7, 11) is -3.26. The van der Waals surface area contributed by atoms with E-state index in [1.165, 1.54) is 0 Å². The van der Waals surface area contributed by atoms with Crippen LogP contribution >= 0.6 is 0 Å². The second kappa shape index (κ2) is 6.66. The van der Waals surface area contributed by atoms with Crippen molar-refractivity contribution in [2.24, 2.45) is 0 Å². The predicted molar refractivity (Wildman–Crippen MR) is 90.1 cm³/mol. The van der Waals surface area contributed by atoms with E-state index in [0.29, 0.717) is 35.6 Å². The monoisotopic (exact) mass is 351 g/mol. The first-order valence-corrected chi connectivity index (χ1v) is 9.69. The molecule has 0 radical (unpaired) electrons. The van der Waals surface area contributed by atoms with E-state index in [0.717, 1.165) is 0 Å². The Morgan fingerprint density at radius 1 is 1.38 bits per heavy atom. The quantitative estimate of drug-likeness (QED) is 0.877. The third-order valence-electron chi connectivity index (χ3n) is 4.47. The van der Waals surface area contributed by atoms with Crippen LogP contribution in [0.3, 0.4) is 0 Å². The molecule has 1 saturated heterocycles. The first-order chi connectivity index (χ1) is 11.4. The van der Waals surface area contributed by atoms with Crippen LogP contribution in [-0.4, -0.2) is 62.0 Å². The van der Waals surface area contributed by atoms with Gasteiger partial charge in [0, 0.05) is 12.1 Å². The fourth-order valence-electron chi connectivity index (χ4n) is 3.21. The summed E-state index contributed by atoms with van der Waals surface area (Å²) in [6.45, 7) is 2.81. The lowest BCUT2D eigenvalue weighted by Gasteiger charge is -2.29. The maximum atomic E-state index is 12.8. The number of likely N-dealkylation sites (N-methyl/N-ethyl adjacent to an activating group) is 1. The van der Waals surface area contributed by atoms with Crippen LogP contribution < -0.4 is 0 Å². The lowest BCUT2D eigenvalue weighted by molar-refractivity contribution is 0.0520. The van der Waals surface area contributed by atoms with Crippen molar-refractivity contribution in [1.82, 2.24) is 4.90 Å². The average Bonchev–Trinajstić information content (AvgIpc) is 3.13. The topological polar surface area (TPSA) is 83.9 Å². The zero-order valence-electron chi connectivity index (χ0n) is 13.5. The Labute approximate surface area is 141 Å². The normalized spacial score (nSPS) is 25.5. The minimum Gasteiger partial charge on any atom is -0.388 e. The summed E-state index contributed by atoms with van der Waals surface area (Å²) in [4.78, 5) is 14.7. The van der Waals surface area contributed by atoms with Gasteiger partial charge in [-0.15, -0.1) is 0 Å². The number of allylic oxidation sites excluding steroid dienone is 1. The summed E-state index contributed by atoms with van der Waals surface area (Å²) in [5.74, 6) is -0.113. The molecule has 1 aromatic carbocycles. The van der Waals surface area contributed by atoms with Crippen LogP contribution in [0.1, 0.15) is 29.3 Å². The molecule has 130 valence electrons. The lowest BCUT2D eigenvalue weighted by Crippen LogP contribution is -2.46. The molecule has 0 aliphatic carbocycles. The lowest BCUT2D eigenvalue weighted by atomic mass is 10.1. The van der Waals surface area contributed by atoms with Crippen molar-refractivity contribution in [3.05, 3.63) is 41.5 Å². The summed E-state index contributed by atoms with van der Waals surface area (Å²) in [6.07, 6.45) is 1.50. The fourth-order valence-corrected chi connectivity index (χ4v) is 4.71. The third-order valence-corrected chi connectivity index (χ3v) is 6.31. The molecule has 1 N–H and O–H groups in total. The molecule has 0 unspecified atom stereocenters. The van der Waals surface area contributed by atoms with Crippen LogP contribution in [0.25, 0.3) is 4.91 Å². The smallest absolute Gasteiger partial charge is 0.254 e. The molecule has 1 aromatic rings. The van der Waals surface area contributed by atoms with Crippen LogP contribution in [0.5, 0.6) is 0 Å². The van der Waals surface area contributed by atoms with Gasteiger partial charge in [0.05, 0.1) is 36.0 Å². The minimum absolute atomic E-state index is 0.118. The second-order valence-electron chi connectivity index (χ2n) is 6.02. The van der Waals surface area contributed by atoms with Gasteiger partial charge in [-0.1, -0.05) is 18.2 Å². The molecule has 24 heavy (non-hydrogen) atoms. The number of hydrogen-bond acceptors (Lipinski definition) is 5. The Kier molecular flexibility index (Phi) is 4.76. The van der Waals surface area contributed by atoms with Crippen molar-refractivity contribution in [3.63, 3.8) is 0 Å². The molecular weight excluding hydrogens is 330 g/mol. The number of ether oxygens (including phenoxy) is 1. The molecule has 0 saturated carbocycles. The van der Waals surface area contributed by atoms with Crippen molar-refractivity contribution in [2.75, 3.05) is 25.5 Å². The van der Waals surface area contributed by atoms with Gasteiger partial charge in [-0.25, -0.2) is 8.42 Å². The maximum absolute atomic E-state index is 12.8. The van der Waals surface area contributed by atoms with Gasteiger partial charge in [0.25, 0.3) is 5.91 Å². The van der Waals surface area contributed by atoms with E-state index < -0.39 is 15.9 Å². The number of amides is 1. The standard InChI is InChI=1S/C17H21NO5S/c1-2-18(14-10-23-11-15(14)19)17(20)13-6-3-5-12(9-13)16-7-4-8-24(16,21)22/h3,5-7,9,14-15,19H,2,4,8,10-11H2,1H3/t14-,15-/m0/s1. The van der Waals surface area contributed by atoms with Gasteiger partial charge in [-0.2, -0.15) is 0 Å². The first-order valence-electron chi connectivity index (χ1n) is 8.04. The summed E-state index contributed by atoms with van der Waals surface area (Å²) in [6, 6.07) is 6.29. The Morgan fingerprint density at radius 2 is 2.17 bits per heavy atom. The molecule has 2 aliphatic rings. The van der Waals surface area contributed by atoms with E-state index in [-0.39, 0.29) is 24.3 Å². The highest BCUT2D eigenvalue weighted by atomic mass is 32.2. The molecule has 0 spiro atoms. The van der Waals surface area contributed by atoms with Gasteiger partial charge in [0.1, 0.15) is 0 Å². The highest BCUT2D eigenvalue weighted by molar-refractivity contribution is 8.00. The molecule has 6 nitrogen and oxygen atoms in total. The largest absolute Gasteiger partial charge is 0.388 e. The number of benzene rings is 1. The maximum Gasteiger partial charge on any atom is 0.254 e. The molecule has 1 fully saturated rings. The zero-order valence-corrected chi connectivity index (χ0v) is 14.3. The van der Waals surface area contributed by atoms with Gasteiger partial charge in [0.2, 0.25) is 0 Å². The summed E-state index contributed by atoms with van der Waals surface area (Å²) < 4.78 is 29.4.